The molecule has 0 spiro atoms. The third-order valence-electron chi connectivity index (χ3n) is 1.43. The molecule has 0 aliphatic carbocycles. The monoisotopic (exact) mass is 212 g/mol. The van der Waals surface area contributed by atoms with E-state index in [9.17, 15) is 9.59 Å². The lowest BCUT2D eigenvalue weighted by Crippen LogP contribution is -2.48. The van der Waals surface area contributed by atoms with E-state index in [2.05, 4.69) is 0 Å². The molecular weight excluding hydrogens is 203 g/mol. The zero-order valence-corrected chi connectivity index (χ0v) is 8.56. The molecule has 0 atom stereocenters. The molecule has 70 valence electrons. The maximum atomic E-state index is 11.3. The molecule has 0 fully saturated rings. The number of amides is 2. The fourth-order valence-corrected chi connectivity index (χ4v) is 0.879. The van der Waals surface area contributed by atoms with Gasteiger partial charge in [0, 0.05) is 30.6 Å². The molecule has 4 nitrogen and oxygen atoms in total. The quantitative estimate of drug-likeness (QED) is 0.518. The molecule has 0 aromatic carbocycles. The van der Waals surface area contributed by atoms with Crippen LogP contribution in [-0.2, 0) is 9.59 Å². The van der Waals surface area contributed by atoms with Gasteiger partial charge in [-0.25, -0.2) is 4.42 Å². The second kappa shape index (κ2) is 3.96. The number of likely N-dealkylation sites (N-methyl/N-ethyl adjacent to an activating group) is 1. The van der Waals surface area contributed by atoms with E-state index in [1.807, 2.05) is 0 Å². The predicted molar refractivity (Wildman–Crippen MR) is 46.5 cm³/mol. The summed E-state index contributed by atoms with van der Waals surface area (Å²) in [6.45, 7) is 2.99. The Morgan fingerprint density at radius 2 is 1.83 bits per heavy atom. The van der Waals surface area contributed by atoms with E-state index in [0.29, 0.717) is 6.41 Å². The molecule has 0 rings (SSSR count). The second-order valence-corrected chi connectivity index (χ2v) is 3.63. The summed E-state index contributed by atoms with van der Waals surface area (Å²) in [6.07, 6.45) is 0.361. The van der Waals surface area contributed by atoms with Crippen molar-refractivity contribution in [3.8, 4) is 0 Å². The lowest BCUT2D eigenvalue weighted by atomic mass is 10.1. The highest BCUT2D eigenvalue weighted by molar-refractivity contribution is 6.25. The molecule has 0 aliphatic heterocycles. The first-order valence-electron chi connectivity index (χ1n) is 3.18. The molecule has 0 unspecified atom stereocenters. The second-order valence-electron chi connectivity index (χ2n) is 2.76. The van der Waals surface area contributed by atoms with Crippen molar-refractivity contribution in [2.45, 2.75) is 19.4 Å². The van der Waals surface area contributed by atoms with E-state index in [0.717, 1.165) is 8.84 Å². The number of carbonyl (C=O) groups is 2. The van der Waals surface area contributed by atoms with E-state index in [4.69, 9.17) is 23.6 Å². The van der Waals surface area contributed by atoms with Gasteiger partial charge in [-0.3, -0.25) is 14.0 Å². The molecular formula is C6H10Cl2N2O2. The number of rotatable bonds is 3. The van der Waals surface area contributed by atoms with Gasteiger partial charge in [0.1, 0.15) is 5.54 Å². The number of carbonyl (C=O) groups excluding carboxylic acids is 2. The zero-order chi connectivity index (χ0) is 9.94. The minimum atomic E-state index is -1.13. The summed E-state index contributed by atoms with van der Waals surface area (Å²) in [6, 6.07) is 0. The van der Waals surface area contributed by atoms with E-state index < -0.39 is 11.4 Å². The zero-order valence-electron chi connectivity index (χ0n) is 7.04. The van der Waals surface area contributed by atoms with Crippen molar-refractivity contribution in [2.24, 2.45) is 0 Å². The Labute approximate surface area is 81.2 Å². The lowest BCUT2D eigenvalue weighted by molar-refractivity contribution is -0.137. The van der Waals surface area contributed by atoms with Gasteiger partial charge in [0.05, 0.1) is 0 Å². The summed E-state index contributed by atoms with van der Waals surface area (Å²) in [4.78, 5) is 21.5. The Bertz CT molecular complexity index is 194. The van der Waals surface area contributed by atoms with Crippen molar-refractivity contribution in [1.29, 1.82) is 0 Å². The first-order chi connectivity index (χ1) is 5.34. The van der Waals surface area contributed by atoms with E-state index in [1.54, 1.807) is 0 Å². The topological polar surface area (TPSA) is 40.6 Å². The van der Waals surface area contributed by atoms with Crippen molar-refractivity contribution in [2.75, 3.05) is 7.05 Å². The largest absolute Gasteiger partial charge is 0.277 e. The summed E-state index contributed by atoms with van der Waals surface area (Å²) in [5.41, 5.74) is -1.13. The number of halogens is 2. The molecule has 0 aliphatic rings. The minimum Gasteiger partial charge on any atom is -0.277 e. The molecule has 2 amide bonds. The normalized spacial score (nSPS) is 10.8. The lowest BCUT2D eigenvalue weighted by Gasteiger charge is -2.29. The van der Waals surface area contributed by atoms with E-state index >= 15 is 0 Å². The molecule has 0 heterocycles. The van der Waals surface area contributed by atoms with Crippen LogP contribution in [-0.4, -0.2) is 33.7 Å². The molecule has 0 N–H and O–H groups in total. The first-order valence-corrected chi connectivity index (χ1v) is 3.86. The number of hydrogen-bond acceptors (Lipinski definition) is 2. The Balaban J connectivity index is 4.60. The van der Waals surface area contributed by atoms with Crippen molar-refractivity contribution >= 4 is 35.9 Å². The maximum Gasteiger partial charge on any atom is 0.263 e. The van der Waals surface area contributed by atoms with Crippen LogP contribution in [0.1, 0.15) is 13.8 Å². The Morgan fingerprint density at radius 1 is 1.42 bits per heavy atom. The van der Waals surface area contributed by atoms with Crippen molar-refractivity contribution in [3.63, 3.8) is 0 Å². The van der Waals surface area contributed by atoms with Gasteiger partial charge >= 0.3 is 0 Å². The highest BCUT2D eigenvalue weighted by atomic mass is 35.5. The van der Waals surface area contributed by atoms with Crippen LogP contribution in [0.3, 0.4) is 0 Å². The van der Waals surface area contributed by atoms with Crippen LogP contribution >= 0.6 is 23.6 Å². The average Bonchev–Trinajstić information content (AvgIpc) is 2.01. The van der Waals surface area contributed by atoms with Crippen LogP contribution in [0.5, 0.6) is 0 Å². The van der Waals surface area contributed by atoms with Crippen LogP contribution in [0.15, 0.2) is 0 Å². The highest BCUT2D eigenvalue weighted by Gasteiger charge is 2.35. The highest BCUT2D eigenvalue weighted by Crippen LogP contribution is 2.18. The average molecular weight is 213 g/mol. The summed E-state index contributed by atoms with van der Waals surface area (Å²) < 4.78 is 1.60. The van der Waals surface area contributed by atoms with Crippen molar-refractivity contribution < 1.29 is 9.59 Å². The first kappa shape index (κ1) is 11.5. The fraction of sp³-hybridized carbons (Fsp3) is 0.667. The predicted octanol–water partition coefficient (Wildman–Crippen LogP) is 0.989. The smallest absolute Gasteiger partial charge is 0.263 e. The van der Waals surface area contributed by atoms with Gasteiger partial charge in [-0.1, -0.05) is 0 Å². The molecule has 6 heteroatoms. The summed E-state index contributed by atoms with van der Waals surface area (Å²) >= 11 is 10.9. The molecule has 0 saturated carbocycles. The maximum absolute atomic E-state index is 11.3. The van der Waals surface area contributed by atoms with Crippen LogP contribution < -0.4 is 0 Å². The molecule has 0 saturated heterocycles. The third kappa shape index (κ3) is 2.25. The van der Waals surface area contributed by atoms with Gasteiger partial charge in [-0.05, 0) is 13.8 Å². The van der Waals surface area contributed by atoms with Crippen LogP contribution in [0.25, 0.3) is 0 Å². The molecule has 0 bridgehead atoms. The van der Waals surface area contributed by atoms with Gasteiger partial charge in [-0.2, -0.15) is 0 Å². The molecule has 0 aromatic heterocycles. The molecule has 0 radical (unpaired) electrons. The fourth-order valence-electron chi connectivity index (χ4n) is 0.600. The van der Waals surface area contributed by atoms with Gasteiger partial charge in [-0.15, -0.1) is 0 Å². The van der Waals surface area contributed by atoms with Gasteiger partial charge < -0.3 is 0 Å². The summed E-state index contributed by atoms with van der Waals surface area (Å²) in [5, 5.41) is 0. The van der Waals surface area contributed by atoms with Gasteiger partial charge in [0.15, 0.2) is 0 Å². The van der Waals surface area contributed by atoms with Gasteiger partial charge in [0.2, 0.25) is 6.41 Å². The Hall–Kier alpha value is -0.480. The summed E-state index contributed by atoms with van der Waals surface area (Å²) in [5.74, 6) is -0.453. The minimum absolute atomic E-state index is 0.361. The summed E-state index contributed by atoms with van der Waals surface area (Å²) in [7, 11) is 1.38. The standard InChI is InChI=1S/C6H10Cl2N2O2/c1-6(2,10(8)4-11)5(12)9(3)7/h4H,1-3H3. The molecule has 0 aromatic rings. The van der Waals surface area contributed by atoms with Crippen molar-refractivity contribution in [1.82, 2.24) is 8.84 Å². The van der Waals surface area contributed by atoms with Crippen molar-refractivity contribution in [3.05, 3.63) is 0 Å². The van der Waals surface area contributed by atoms with E-state index in [1.165, 1.54) is 20.9 Å². The van der Waals surface area contributed by atoms with Crippen LogP contribution in [0, 0.1) is 0 Å². The van der Waals surface area contributed by atoms with Crippen LogP contribution in [0.4, 0.5) is 0 Å². The number of nitrogens with zero attached hydrogens (tertiary/aromatic N) is 2. The van der Waals surface area contributed by atoms with Gasteiger partial charge in [0.25, 0.3) is 5.91 Å². The van der Waals surface area contributed by atoms with E-state index in [-0.39, 0.29) is 0 Å². The van der Waals surface area contributed by atoms with Crippen LogP contribution in [0.2, 0.25) is 0 Å². The Morgan fingerprint density at radius 3 is 2.08 bits per heavy atom. The number of hydrogen-bond donors (Lipinski definition) is 0. The Kier molecular flexibility index (Phi) is 3.80. The molecule has 12 heavy (non-hydrogen) atoms. The third-order valence-corrected chi connectivity index (χ3v) is 2.09. The SMILES string of the molecule is CN(Cl)C(=O)C(C)(C)N(Cl)C=O.